The quantitative estimate of drug-likeness (QED) is 0.778. The Hall–Kier alpha value is -2.61. The molecule has 2 amide bonds. The number of carbonyl (C=O) groups is 2. The predicted molar refractivity (Wildman–Crippen MR) is 102 cm³/mol. The zero-order chi connectivity index (χ0) is 19.6. The normalized spacial score (nSPS) is 18.2. The highest BCUT2D eigenvalue weighted by atomic mass is 32.2. The Morgan fingerprint density at radius 1 is 1.15 bits per heavy atom. The van der Waals surface area contributed by atoms with E-state index in [0.29, 0.717) is 12.0 Å². The number of hydrogen-bond acceptors (Lipinski definition) is 4. The molecule has 1 aromatic carbocycles. The van der Waals surface area contributed by atoms with E-state index in [2.05, 4.69) is 10.9 Å². The van der Waals surface area contributed by atoms with Crippen LogP contribution < -0.4 is 10.9 Å². The van der Waals surface area contributed by atoms with E-state index in [9.17, 15) is 18.0 Å². The van der Waals surface area contributed by atoms with Crippen molar-refractivity contribution in [2.45, 2.75) is 26.7 Å². The van der Waals surface area contributed by atoms with Gasteiger partial charge in [0.05, 0.1) is 17.1 Å². The molecule has 2 heterocycles. The molecule has 3 rings (SSSR count). The van der Waals surface area contributed by atoms with E-state index < -0.39 is 15.7 Å². The first-order valence-electron chi connectivity index (χ1n) is 8.81. The van der Waals surface area contributed by atoms with Gasteiger partial charge in [-0.25, -0.2) is 8.42 Å². The second-order valence-corrected chi connectivity index (χ2v) is 9.16. The fourth-order valence-corrected chi connectivity index (χ4v) is 5.37. The van der Waals surface area contributed by atoms with Crippen LogP contribution in [-0.2, 0) is 14.6 Å². The van der Waals surface area contributed by atoms with Gasteiger partial charge in [-0.2, -0.15) is 0 Å². The third kappa shape index (κ3) is 4.39. The maximum atomic E-state index is 12.5. The number of sulfone groups is 1. The van der Waals surface area contributed by atoms with Gasteiger partial charge in [-0.3, -0.25) is 20.4 Å². The molecule has 144 valence electrons. The Morgan fingerprint density at radius 3 is 2.48 bits per heavy atom. The molecule has 1 unspecified atom stereocenters. The molecule has 0 bridgehead atoms. The third-order valence-electron chi connectivity index (χ3n) is 4.81. The molecule has 0 spiro atoms. The molecule has 1 aromatic heterocycles. The fraction of sp³-hybridized carbons (Fsp3) is 0.368. The minimum absolute atomic E-state index is 0.0343. The minimum Gasteiger partial charge on any atom is -0.318 e. The van der Waals surface area contributed by atoms with Crippen LogP contribution in [-0.4, -0.2) is 36.3 Å². The van der Waals surface area contributed by atoms with Crippen LogP contribution in [0.3, 0.4) is 0 Å². The number of carbonyl (C=O) groups excluding carboxylic acids is 2. The largest absolute Gasteiger partial charge is 0.318 e. The molecule has 2 N–H and O–H groups in total. The van der Waals surface area contributed by atoms with Crippen molar-refractivity contribution in [1.82, 2.24) is 15.4 Å². The summed E-state index contributed by atoms with van der Waals surface area (Å²) in [6, 6.07) is 11.5. The molecular weight excluding hydrogens is 366 g/mol. The van der Waals surface area contributed by atoms with E-state index in [-0.39, 0.29) is 29.8 Å². The summed E-state index contributed by atoms with van der Waals surface area (Å²) in [7, 11) is -3.02. The second kappa shape index (κ2) is 7.56. The Bertz CT molecular complexity index is 964. The van der Waals surface area contributed by atoms with Crippen molar-refractivity contribution < 1.29 is 18.0 Å². The number of aromatic nitrogens is 1. The van der Waals surface area contributed by atoms with E-state index in [4.69, 9.17) is 0 Å². The molecule has 0 aliphatic carbocycles. The summed E-state index contributed by atoms with van der Waals surface area (Å²) in [5, 5.41) is 0. The van der Waals surface area contributed by atoms with Crippen LogP contribution in [0.25, 0.3) is 5.69 Å². The topological polar surface area (TPSA) is 97.3 Å². The predicted octanol–water partition coefficient (Wildman–Crippen LogP) is 1.68. The third-order valence-corrected chi connectivity index (χ3v) is 6.64. The average Bonchev–Trinajstić information content (AvgIpc) is 3.11. The molecule has 0 radical (unpaired) electrons. The summed E-state index contributed by atoms with van der Waals surface area (Å²) in [6.07, 6.45) is 0.574. The van der Waals surface area contributed by atoms with E-state index in [0.717, 1.165) is 17.1 Å². The first-order valence-corrected chi connectivity index (χ1v) is 10.6. The zero-order valence-electron chi connectivity index (χ0n) is 15.4. The van der Waals surface area contributed by atoms with Gasteiger partial charge in [0.2, 0.25) is 5.91 Å². The van der Waals surface area contributed by atoms with Crippen molar-refractivity contribution in [1.29, 1.82) is 0 Å². The molecule has 1 fully saturated rings. The minimum atomic E-state index is -3.02. The number of nitrogens with zero attached hydrogens (tertiary/aromatic N) is 1. The Labute approximate surface area is 158 Å². The smallest absolute Gasteiger partial charge is 0.271 e. The van der Waals surface area contributed by atoms with Gasteiger partial charge in [0, 0.05) is 23.5 Å². The maximum Gasteiger partial charge on any atom is 0.271 e. The molecule has 0 saturated carbocycles. The lowest BCUT2D eigenvalue weighted by Gasteiger charge is -2.11. The van der Waals surface area contributed by atoms with Gasteiger partial charge in [-0.1, -0.05) is 18.2 Å². The molecule has 8 heteroatoms. The van der Waals surface area contributed by atoms with Crippen molar-refractivity contribution in [3.63, 3.8) is 0 Å². The summed E-state index contributed by atoms with van der Waals surface area (Å²) in [5.74, 6) is -0.815. The molecule has 1 saturated heterocycles. The lowest BCUT2D eigenvalue weighted by atomic mass is 10.1. The molecule has 7 nitrogen and oxygen atoms in total. The van der Waals surface area contributed by atoms with Gasteiger partial charge >= 0.3 is 0 Å². The number of nitrogens with one attached hydrogen (secondary N) is 2. The monoisotopic (exact) mass is 389 g/mol. The van der Waals surface area contributed by atoms with Gasteiger partial charge in [0.15, 0.2) is 9.84 Å². The van der Waals surface area contributed by atoms with E-state index in [1.165, 1.54) is 0 Å². The number of benzene rings is 1. The van der Waals surface area contributed by atoms with Crippen LogP contribution in [0.5, 0.6) is 0 Å². The number of hydrogen-bond donors (Lipinski definition) is 2. The van der Waals surface area contributed by atoms with Crippen LogP contribution in [0.4, 0.5) is 0 Å². The molecule has 2 aromatic rings. The van der Waals surface area contributed by atoms with E-state index >= 15 is 0 Å². The summed E-state index contributed by atoms with van der Waals surface area (Å²) in [4.78, 5) is 24.5. The number of aryl methyl sites for hydroxylation is 1. The highest BCUT2D eigenvalue weighted by Crippen LogP contribution is 2.22. The lowest BCUT2D eigenvalue weighted by molar-refractivity contribution is -0.122. The van der Waals surface area contributed by atoms with Crippen LogP contribution in [0.2, 0.25) is 0 Å². The zero-order valence-corrected chi connectivity index (χ0v) is 16.2. The van der Waals surface area contributed by atoms with Crippen molar-refractivity contribution >= 4 is 21.7 Å². The first kappa shape index (κ1) is 19.2. The number of rotatable bonds is 4. The molecule has 1 aliphatic rings. The maximum absolute atomic E-state index is 12.5. The van der Waals surface area contributed by atoms with Crippen molar-refractivity contribution in [2.75, 3.05) is 11.5 Å². The molecule has 27 heavy (non-hydrogen) atoms. The Morgan fingerprint density at radius 2 is 1.85 bits per heavy atom. The second-order valence-electron chi connectivity index (χ2n) is 6.93. The van der Waals surface area contributed by atoms with Crippen molar-refractivity contribution in [3.05, 3.63) is 53.3 Å². The van der Waals surface area contributed by atoms with Gasteiger partial charge in [-0.15, -0.1) is 0 Å². The van der Waals surface area contributed by atoms with E-state index in [1.54, 1.807) is 6.07 Å². The standard InChI is InChI=1S/C19H23N3O4S/c1-13-10-17(14(2)22(13)16-6-4-3-5-7-16)19(24)21-20-18(23)11-15-8-9-27(25,26)12-15/h3-7,10,15H,8-9,11-12H2,1-2H3,(H,20,23)(H,21,24). The van der Waals surface area contributed by atoms with Gasteiger partial charge < -0.3 is 4.57 Å². The van der Waals surface area contributed by atoms with Crippen molar-refractivity contribution in [2.24, 2.45) is 5.92 Å². The summed E-state index contributed by atoms with van der Waals surface area (Å²) >= 11 is 0. The molecular formula is C19H23N3O4S. The van der Waals surface area contributed by atoms with Gasteiger partial charge in [0.25, 0.3) is 5.91 Å². The van der Waals surface area contributed by atoms with Crippen LogP contribution in [0.1, 0.15) is 34.6 Å². The highest BCUT2D eigenvalue weighted by Gasteiger charge is 2.29. The molecule has 1 atom stereocenters. The van der Waals surface area contributed by atoms with Crippen LogP contribution in [0, 0.1) is 19.8 Å². The highest BCUT2D eigenvalue weighted by molar-refractivity contribution is 7.91. The van der Waals surface area contributed by atoms with E-state index in [1.807, 2.05) is 48.7 Å². The lowest BCUT2D eigenvalue weighted by Crippen LogP contribution is -2.42. The van der Waals surface area contributed by atoms with Gasteiger partial charge in [0.1, 0.15) is 0 Å². The summed E-state index contributed by atoms with van der Waals surface area (Å²) in [6.45, 7) is 3.76. The fourth-order valence-electron chi connectivity index (χ4n) is 3.51. The Balaban J connectivity index is 1.63. The number of para-hydroxylation sites is 1. The first-order chi connectivity index (χ1) is 12.8. The van der Waals surface area contributed by atoms with Crippen LogP contribution >= 0.6 is 0 Å². The Kier molecular flexibility index (Phi) is 5.36. The SMILES string of the molecule is Cc1cc(C(=O)NNC(=O)CC2CCS(=O)(=O)C2)c(C)n1-c1ccccc1. The molecule has 1 aliphatic heterocycles. The van der Waals surface area contributed by atoms with Gasteiger partial charge in [-0.05, 0) is 44.4 Å². The summed E-state index contributed by atoms with van der Waals surface area (Å²) in [5.41, 5.74) is 7.92. The van der Waals surface area contributed by atoms with Crippen molar-refractivity contribution in [3.8, 4) is 5.69 Å². The average molecular weight is 389 g/mol. The summed E-state index contributed by atoms with van der Waals surface area (Å²) < 4.78 is 24.9. The number of hydrazine groups is 1. The van der Waals surface area contributed by atoms with Crippen LogP contribution in [0.15, 0.2) is 36.4 Å². The number of amides is 2.